The van der Waals surface area contributed by atoms with Crippen LogP contribution in [-0.2, 0) is 6.54 Å². The molecule has 1 aliphatic rings. The van der Waals surface area contributed by atoms with Gasteiger partial charge < -0.3 is 5.32 Å². The second-order valence-corrected chi connectivity index (χ2v) is 3.74. The average Bonchev–Trinajstić information content (AvgIpc) is 2.23. The van der Waals surface area contributed by atoms with Crippen molar-refractivity contribution < 1.29 is 0 Å². The zero-order chi connectivity index (χ0) is 9.80. The molecule has 1 aromatic heterocycles. The van der Waals surface area contributed by atoms with Crippen LogP contribution in [0.1, 0.15) is 12.6 Å². The quantitative estimate of drug-likeness (QED) is 0.899. The number of hydrogen-bond donors (Lipinski definition) is 1. The monoisotopic (exact) mass is 300 g/mol. The number of hydrogen-bond acceptors (Lipinski definition) is 4. The molecule has 17 heavy (non-hydrogen) atoms. The van der Waals surface area contributed by atoms with Gasteiger partial charge in [0, 0.05) is 38.4 Å². The molecule has 0 bridgehead atoms. The van der Waals surface area contributed by atoms with Gasteiger partial charge in [0.1, 0.15) is 0 Å². The highest BCUT2D eigenvalue weighted by atomic mass is 35.5. The van der Waals surface area contributed by atoms with E-state index < -0.39 is 0 Å². The van der Waals surface area contributed by atoms with E-state index >= 15 is 0 Å². The zero-order valence-corrected chi connectivity index (χ0v) is 12.2. The molecule has 1 aliphatic heterocycles. The number of rotatable bonds is 2. The van der Waals surface area contributed by atoms with Crippen LogP contribution >= 0.6 is 37.2 Å². The van der Waals surface area contributed by atoms with Gasteiger partial charge >= 0.3 is 0 Å². The van der Waals surface area contributed by atoms with Gasteiger partial charge in [-0.1, -0.05) is 0 Å². The topological polar surface area (TPSA) is 41.0 Å². The van der Waals surface area contributed by atoms with Crippen LogP contribution in [0.15, 0.2) is 18.3 Å². The van der Waals surface area contributed by atoms with Gasteiger partial charge in [-0.05, 0) is 19.1 Å². The van der Waals surface area contributed by atoms with Gasteiger partial charge in [0.05, 0.1) is 5.69 Å². The first kappa shape index (κ1) is 19.2. The molecule has 0 radical (unpaired) electrons. The van der Waals surface area contributed by atoms with E-state index in [-0.39, 0.29) is 37.2 Å². The van der Waals surface area contributed by atoms with Crippen LogP contribution in [-0.4, -0.2) is 40.8 Å². The molecule has 7 heteroatoms. The Morgan fingerprint density at radius 3 is 2.76 bits per heavy atom. The third kappa shape index (κ3) is 5.84. The van der Waals surface area contributed by atoms with Crippen molar-refractivity contribution in [3.8, 4) is 0 Å². The fourth-order valence-corrected chi connectivity index (χ4v) is 1.74. The second-order valence-electron chi connectivity index (χ2n) is 3.74. The molecule has 0 unspecified atom stereocenters. The maximum absolute atomic E-state index is 4.10. The van der Waals surface area contributed by atoms with Gasteiger partial charge in [-0.25, -0.2) is 0 Å². The Balaban J connectivity index is 0. The Bertz CT molecular complexity index is 286. The summed E-state index contributed by atoms with van der Waals surface area (Å²) in [6.45, 7) is 6.39. The minimum Gasteiger partial charge on any atom is -0.314 e. The minimum absolute atomic E-state index is 0. The SMILES string of the molecule is C[C@H]1CNCCN1Cc1cccnn1.Cl.Cl.Cl. The summed E-state index contributed by atoms with van der Waals surface area (Å²) in [4.78, 5) is 2.43. The van der Waals surface area contributed by atoms with Crippen LogP contribution < -0.4 is 5.32 Å². The summed E-state index contributed by atoms with van der Waals surface area (Å²) < 4.78 is 0. The lowest BCUT2D eigenvalue weighted by Crippen LogP contribution is -2.49. The number of halogens is 3. The first-order valence-corrected chi connectivity index (χ1v) is 5.07. The fraction of sp³-hybridized carbons (Fsp3) is 0.600. The molecular formula is C10H19Cl3N4. The van der Waals surface area contributed by atoms with Gasteiger partial charge in [0.15, 0.2) is 0 Å². The van der Waals surface area contributed by atoms with E-state index in [1.807, 2.05) is 12.1 Å². The van der Waals surface area contributed by atoms with E-state index in [1.54, 1.807) is 6.20 Å². The molecular weight excluding hydrogens is 282 g/mol. The lowest BCUT2D eigenvalue weighted by atomic mass is 10.2. The molecule has 1 atom stereocenters. The molecule has 1 fully saturated rings. The van der Waals surface area contributed by atoms with Crippen LogP contribution in [0.4, 0.5) is 0 Å². The van der Waals surface area contributed by atoms with Crippen LogP contribution in [0.25, 0.3) is 0 Å². The van der Waals surface area contributed by atoms with Gasteiger partial charge in [-0.15, -0.1) is 37.2 Å². The van der Waals surface area contributed by atoms with Crippen LogP contribution in [0.3, 0.4) is 0 Å². The Hall–Kier alpha value is -0.130. The Morgan fingerprint density at radius 2 is 2.18 bits per heavy atom. The molecule has 1 N–H and O–H groups in total. The molecule has 0 aromatic carbocycles. The zero-order valence-electron chi connectivity index (χ0n) is 9.70. The normalized spacial score (nSPS) is 19.5. The molecule has 1 saturated heterocycles. The summed E-state index contributed by atoms with van der Waals surface area (Å²) in [5.74, 6) is 0. The predicted octanol–water partition coefficient (Wildman–Crippen LogP) is 1.54. The first-order chi connectivity index (χ1) is 6.86. The predicted molar refractivity (Wildman–Crippen MR) is 76.5 cm³/mol. The Morgan fingerprint density at radius 1 is 1.41 bits per heavy atom. The molecule has 0 amide bonds. The molecule has 2 rings (SSSR count). The smallest absolute Gasteiger partial charge is 0.0771 e. The average molecular weight is 302 g/mol. The summed E-state index contributed by atoms with van der Waals surface area (Å²) in [6.07, 6.45) is 1.71. The maximum Gasteiger partial charge on any atom is 0.0771 e. The van der Waals surface area contributed by atoms with Gasteiger partial charge in [0.25, 0.3) is 0 Å². The third-order valence-electron chi connectivity index (χ3n) is 2.63. The van der Waals surface area contributed by atoms with E-state index in [0.717, 1.165) is 31.9 Å². The van der Waals surface area contributed by atoms with Gasteiger partial charge in [-0.3, -0.25) is 4.90 Å². The largest absolute Gasteiger partial charge is 0.314 e. The number of nitrogens with one attached hydrogen (secondary N) is 1. The van der Waals surface area contributed by atoms with Crippen molar-refractivity contribution in [3.63, 3.8) is 0 Å². The summed E-state index contributed by atoms with van der Waals surface area (Å²) in [6, 6.07) is 4.56. The highest BCUT2D eigenvalue weighted by Gasteiger charge is 2.17. The van der Waals surface area contributed by atoms with Gasteiger partial charge in [-0.2, -0.15) is 10.2 Å². The number of aromatic nitrogens is 2. The van der Waals surface area contributed by atoms with Crippen molar-refractivity contribution in [2.24, 2.45) is 0 Å². The highest BCUT2D eigenvalue weighted by molar-refractivity contribution is 5.86. The Kier molecular flexibility index (Phi) is 11.1. The molecule has 1 aromatic rings. The van der Waals surface area contributed by atoms with Crippen LogP contribution in [0.2, 0.25) is 0 Å². The van der Waals surface area contributed by atoms with Crippen LogP contribution in [0.5, 0.6) is 0 Å². The van der Waals surface area contributed by atoms with E-state index in [0.29, 0.717) is 6.04 Å². The summed E-state index contributed by atoms with van der Waals surface area (Å²) in [7, 11) is 0. The molecule has 0 saturated carbocycles. The van der Waals surface area contributed by atoms with E-state index in [4.69, 9.17) is 0 Å². The minimum atomic E-state index is 0. The summed E-state index contributed by atoms with van der Waals surface area (Å²) in [5, 5.41) is 11.4. The fourth-order valence-electron chi connectivity index (χ4n) is 1.74. The highest BCUT2D eigenvalue weighted by Crippen LogP contribution is 2.06. The maximum atomic E-state index is 4.10. The molecule has 0 spiro atoms. The molecule has 100 valence electrons. The molecule has 4 nitrogen and oxygen atoms in total. The standard InChI is InChI=1S/C10H16N4.3ClH/c1-9-7-11-5-6-14(9)8-10-3-2-4-12-13-10;;;/h2-4,9,11H,5-8H2,1H3;3*1H/t9-;;;/m0.../s1. The number of nitrogens with zero attached hydrogens (tertiary/aromatic N) is 3. The van der Waals surface area contributed by atoms with Crippen molar-refractivity contribution in [3.05, 3.63) is 24.0 Å². The summed E-state index contributed by atoms with van der Waals surface area (Å²) >= 11 is 0. The van der Waals surface area contributed by atoms with Crippen molar-refractivity contribution in [2.45, 2.75) is 19.5 Å². The van der Waals surface area contributed by atoms with E-state index in [1.165, 1.54) is 0 Å². The summed E-state index contributed by atoms with van der Waals surface area (Å²) in [5.41, 5.74) is 1.06. The van der Waals surface area contributed by atoms with Crippen molar-refractivity contribution in [1.82, 2.24) is 20.4 Å². The van der Waals surface area contributed by atoms with Crippen molar-refractivity contribution in [1.29, 1.82) is 0 Å². The lowest BCUT2D eigenvalue weighted by molar-refractivity contribution is 0.163. The number of piperazine rings is 1. The Labute approximate surface area is 121 Å². The third-order valence-corrected chi connectivity index (χ3v) is 2.63. The van der Waals surface area contributed by atoms with Crippen molar-refractivity contribution >= 4 is 37.2 Å². The van der Waals surface area contributed by atoms with Crippen molar-refractivity contribution in [2.75, 3.05) is 19.6 Å². The second kappa shape index (κ2) is 9.85. The van der Waals surface area contributed by atoms with Gasteiger partial charge in [0.2, 0.25) is 0 Å². The lowest BCUT2D eigenvalue weighted by Gasteiger charge is -2.33. The van der Waals surface area contributed by atoms with E-state index in [9.17, 15) is 0 Å². The van der Waals surface area contributed by atoms with E-state index in [2.05, 4.69) is 27.3 Å². The molecule has 2 heterocycles. The van der Waals surface area contributed by atoms with Crippen LogP contribution in [0, 0.1) is 0 Å². The first-order valence-electron chi connectivity index (χ1n) is 5.07. The molecule has 0 aliphatic carbocycles.